The average Bonchev–Trinajstić information content (AvgIpc) is 3.32. The molecule has 1 fully saturated rings. The van der Waals surface area contributed by atoms with Crippen molar-refractivity contribution in [1.29, 1.82) is 0 Å². The summed E-state index contributed by atoms with van der Waals surface area (Å²) in [6, 6.07) is 13.0. The van der Waals surface area contributed by atoms with E-state index in [1.54, 1.807) is 18.2 Å². The Morgan fingerprint density at radius 2 is 1.77 bits per heavy atom. The maximum absolute atomic E-state index is 13.3. The molecule has 0 bridgehead atoms. The predicted octanol–water partition coefficient (Wildman–Crippen LogP) is 3.94. The van der Waals surface area contributed by atoms with Crippen molar-refractivity contribution in [3.63, 3.8) is 0 Å². The first kappa shape index (κ1) is 18.5. The van der Waals surface area contributed by atoms with Gasteiger partial charge in [0, 0.05) is 29.6 Å². The van der Waals surface area contributed by atoms with Gasteiger partial charge in [-0.25, -0.2) is 0 Å². The van der Waals surface area contributed by atoms with Gasteiger partial charge in [-0.15, -0.1) is 0 Å². The number of imide groups is 1. The van der Waals surface area contributed by atoms with Gasteiger partial charge in [-0.3, -0.25) is 24.3 Å². The molecule has 1 N–H and O–H groups in total. The van der Waals surface area contributed by atoms with Crippen molar-refractivity contribution in [3.8, 4) is 0 Å². The van der Waals surface area contributed by atoms with Crippen LogP contribution in [0.4, 0.5) is 11.4 Å². The first-order valence-corrected chi connectivity index (χ1v) is 10.2. The number of aromatic nitrogens is 1. The first-order valence-electron chi connectivity index (χ1n) is 10.2. The molecule has 1 aromatic heterocycles. The number of pyridine rings is 1. The van der Waals surface area contributed by atoms with Crippen LogP contribution in [0.1, 0.15) is 46.4 Å². The molecule has 2 aromatic carbocycles. The highest BCUT2D eigenvalue weighted by molar-refractivity contribution is 6.20. The minimum Gasteiger partial charge on any atom is -0.322 e. The van der Waals surface area contributed by atoms with Crippen LogP contribution in [0.25, 0.3) is 10.9 Å². The van der Waals surface area contributed by atoms with Crippen molar-refractivity contribution in [2.24, 2.45) is 0 Å². The Hall–Kier alpha value is -3.54. The highest BCUT2D eigenvalue weighted by Gasteiger charge is 2.31. The van der Waals surface area contributed by atoms with Gasteiger partial charge >= 0.3 is 0 Å². The molecule has 2 heterocycles. The van der Waals surface area contributed by atoms with Gasteiger partial charge in [-0.05, 0) is 61.6 Å². The highest BCUT2D eigenvalue weighted by Crippen LogP contribution is 2.32. The number of para-hydroxylation sites is 1. The van der Waals surface area contributed by atoms with Crippen LogP contribution in [0.2, 0.25) is 0 Å². The Labute approximate surface area is 173 Å². The van der Waals surface area contributed by atoms with Crippen LogP contribution in [0.3, 0.4) is 0 Å². The number of fused-ring (bicyclic) bond motifs is 2. The highest BCUT2D eigenvalue weighted by atomic mass is 16.2. The monoisotopic (exact) mass is 399 g/mol. The van der Waals surface area contributed by atoms with Crippen LogP contribution in [-0.2, 0) is 22.4 Å². The number of nitrogens with zero attached hydrogens (tertiary/aromatic N) is 2. The minimum atomic E-state index is -0.182. The fourth-order valence-electron chi connectivity index (χ4n) is 4.49. The summed E-state index contributed by atoms with van der Waals surface area (Å²) < 4.78 is 0. The van der Waals surface area contributed by atoms with Crippen molar-refractivity contribution in [3.05, 3.63) is 64.8 Å². The lowest BCUT2D eigenvalue weighted by molar-refractivity contribution is -0.121. The Morgan fingerprint density at radius 1 is 1.00 bits per heavy atom. The SMILES string of the molecule is Cc1cc(NC(=O)c2c3c(nc4ccccc24)CCC3)ccc1N1C(=O)CCC1=O. The van der Waals surface area contributed by atoms with Crippen molar-refractivity contribution >= 4 is 40.0 Å². The molecule has 1 saturated heterocycles. The van der Waals surface area contributed by atoms with Crippen molar-refractivity contribution in [2.75, 3.05) is 10.2 Å². The lowest BCUT2D eigenvalue weighted by atomic mass is 10.0. The second-order valence-corrected chi connectivity index (χ2v) is 7.86. The number of carbonyl (C=O) groups is 3. The number of amides is 3. The molecule has 0 spiro atoms. The van der Waals surface area contributed by atoms with Gasteiger partial charge in [-0.2, -0.15) is 0 Å². The average molecular weight is 399 g/mol. The number of hydrogen-bond donors (Lipinski definition) is 1. The van der Waals surface area contributed by atoms with Gasteiger partial charge in [0.25, 0.3) is 5.91 Å². The summed E-state index contributed by atoms with van der Waals surface area (Å²) in [6.07, 6.45) is 3.25. The zero-order valence-corrected chi connectivity index (χ0v) is 16.7. The van der Waals surface area contributed by atoms with Crippen molar-refractivity contribution < 1.29 is 14.4 Å². The van der Waals surface area contributed by atoms with Gasteiger partial charge < -0.3 is 5.32 Å². The molecule has 3 aromatic rings. The molecule has 30 heavy (non-hydrogen) atoms. The molecule has 1 aliphatic carbocycles. The maximum Gasteiger partial charge on any atom is 0.256 e. The maximum atomic E-state index is 13.3. The van der Waals surface area contributed by atoms with Gasteiger partial charge in [0.1, 0.15) is 0 Å². The summed E-state index contributed by atoms with van der Waals surface area (Å²) in [5.74, 6) is -0.523. The molecule has 0 unspecified atom stereocenters. The van der Waals surface area contributed by atoms with E-state index < -0.39 is 0 Å². The fraction of sp³-hybridized carbons (Fsp3) is 0.250. The Balaban J connectivity index is 1.49. The zero-order chi connectivity index (χ0) is 20.8. The Bertz CT molecular complexity index is 1220. The lowest BCUT2D eigenvalue weighted by Gasteiger charge is -2.18. The molecule has 1 aliphatic heterocycles. The Kier molecular flexibility index (Phi) is 4.35. The zero-order valence-electron chi connectivity index (χ0n) is 16.7. The predicted molar refractivity (Wildman–Crippen MR) is 115 cm³/mol. The number of anilines is 2. The molecule has 2 aliphatic rings. The summed E-state index contributed by atoms with van der Waals surface area (Å²) >= 11 is 0. The Morgan fingerprint density at radius 3 is 2.53 bits per heavy atom. The third kappa shape index (κ3) is 2.96. The van der Waals surface area contributed by atoms with Gasteiger partial charge in [0.05, 0.1) is 16.8 Å². The number of nitrogens with one attached hydrogen (secondary N) is 1. The molecule has 0 atom stereocenters. The van der Waals surface area contributed by atoms with Crippen LogP contribution < -0.4 is 10.2 Å². The number of hydrogen-bond acceptors (Lipinski definition) is 4. The fourth-order valence-corrected chi connectivity index (χ4v) is 4.49. The van der Waals surface area contributed by atoms with Crippen molar-refractivity contribution in [2.45, 2.75) is 39.0 Å². The third-order valence-electron chi connectivity index (χ3n) is 5.89. The summed E-state index contributed by atoms with van der Waals surface area (Å²) in [5, 5.41) is 3.86. The molecule has 150 valence electrons. The minimum absolute atomic E-state index is 0.160. The molecule has 6 nitrogen and oxygen atoms in total. The summed E-state index contributed by atoms with van der Waals surface area (Å²) in [6.45, 7) is 1.84. The standard InChI is InChI=1S/C24H21N3O3/c1-14-13-15(9-10-20(14)27-21(28)11-12-22(27)29)25-24(30)23-16-5-2-3-7-18(16)26-19-8-4-6-17(19)23/h2-3,5,7,9-10,13H,4,6,8,11-12H2,1H3,(H,25,30). The quantitative estimate of drug-likeness (QED) is 0.677. The number of aryl methyl sites for hydroxylation is 2. The first-order chi connectivity index (χ1) is 14.5. The lowest BCUT2D eigenvalue weighted by Crippen LogP contribution is -2.29. The molecule has 0 saturated carbocycles. The van der Waals surface area contributed by atoms with Gasteiger partial charge in [0.2, 0.25) is 11.8 Å². The molecular weight excluding hydrogens is 378 g/mol. The summed E-state index contributed by atoms with van der Waals surface area (Å²) in [7, 11) is 0. The summed E-state index contributed by atoms with van der Waals surface area (Å²) in [5.41, 5.74) is 5.55. The van der Waals surface area contributed by atoms with Gasteiger partial charge in [-0.1, -0.05) is 18.2 Å². The van der Waals surface area contributed by atoms with E-state index in [2.05, 4.69) is 5.32 Å². The van der Waals surface area contributed by atoms with E-state index in [-0.39, 0.29) is 30.6 Å². The topological polar surface area (TPSA) is 79.4 Å². The van der Waals surface area contributed by atoms with E-state index >= 15 is 0 Å². The van der Waals surface area contributed by atoms with Crippen LogP contribution in [0, 0.1) is 6.92 Å². The van der Waals surface area contributed by atoms with E-state index in [9.17, 15) is 14.4 Å². The molecule has 3 amide bonds. The van der Waals surface area contributed by atoms with E-state index in [1.807, 2.05) is 31.2 Å². The van der Waals surface area contributed by atoms with Crippen LogP contribution >= 0.6 is 0 Å². The van der Waals surface area contributed by atoms with Crippen LogP contribution in [-0.4, -0.2) is 22.7 Å². The third-order valence-corrected chi connectivity index (χ3v) is 5.89. The van der Waals surface area contributed by atoms with E-state index in [1.165, 1.54) is 4.90 Å². The normalized spacial score (nSPS) is 15.7. The van der Waals surface area contributed by atoms with Crippen molar-refractivity contribution in [1.82, 2.24) is 4.98 Å². The number of rotatable bonds is 3. The molecule has 6 heteroatoms. The molecule has 0 radical (unpaired) electrons. The van der Waals surface area contributed by atoms with Gasteiger partial charge in [0.15, 0.2) is 0 Å². The summed E-state index contributed by atoms with van der Waals surface area (Å²) in [4.78, 5) is 43.4. The van der Waals surface area contributed by atoms with Crippen LogP contribution in [0.5, 0.6) is 0 Å². The van der Waals surface area contributed by atoms with E-state index in [0.717, 1.165) is 47.0 Å². The largest absolute Gasteiger partial charge is 0.322 e. The molecule has 5 rings (SSSR count). The van der Waals surface area contributed by atoms with E-state index in [0.29, 0.717) is 16.9 Å². The smallest absolute Gasteiger partial charge is 0.256 e. The van der Waals surface area contributed by atoms with E-state index in [4.69, 9.17) is 4.98 Å². The second kappa shape index (κ2) is 7.06. The molecular formula is C24H21N3O3. The number of benzene rings is 2. The van der Waals surface area contributed by atoms with Crippen LogP contribution in [0.15, 0.2) is 42.5 Å². The number of carbonyl (C=O) groups excluding carboxylic acids is 3. The second-order valence-electron chi connectivity index (χ2n) is 7.86.